The van der Waals surface area contributed by atoms with E-state index in [2.05, 4.69) is 9.72 Å². The first-order valence-corrected chi connectivity index (χ1v) is 11.6. The molecule has 180 valence electrons. The zero-order valence-electron chi connectivity index (χ0n) is 19.2. The van der Waals surface area contributed by atoms with Crippen LogP contribution < -0.4 is 5.73 Å². The van der Waals surface area contributed by atoms with Crippen molar-refractivity contribution in [3.05, 3.63) is 72.1 Å². The Morgan fingerprint density at radius 1 is 1.09 bits per heavy atom. The number of primary amides is 1. The van der Waals surface area contributed by atoms with E-state index in [1.807, 2.05) is 54.6 Å². The minimum Gasteiger partial charge on any atom is -0.449 e. The Morgan fingerprint density at radius 3 is 2.50 bits per heavy atom. The Bertz CT molecular complexity index is 959. The van der Waals surface area contributed by atoms with Gasteiger partial charge in [0, 0.05) is 18.8 Å². The molecule has 3 amide bonds. The number of pyridine rings is 1. The van der Waals surface area contributed by atoms with E-state index < -0.39 is 12.2 Å². The molecule has 1 aromatic heterocycles. The number of hydrogen-bond donors (Lipinski definition) is 1. The van der Waals surface area contributed by atoms with Crippen LogP contribution in [0.15, 0.2) is 60.9 Å². The fraction of sp³-hybridized carbons (Fsp3) is 0.385. The molecule has 1 saturated carbocycles. The summed E-state index contributed by atoms with van der Waals surface area (Å²) >= 11 is 0. The maximum atomic E-state index is 12.2. The van der Waals surface area contributed by atoms with Gasteiger partial charge in [0.1, 0.15) is 6.10 Å². The number of likely N-dealkylation sites (tertiary alicyclic amines) is 1. The molecule has 2 heterocycles. The van der Waals surface area contributed by atoms with Gasteiger partial charge in [0.2, 0.25) is 5.91 Å². The van der Waals surface area contributed by atoms with Crippen molar-refractivity contribution in [3.63, 3.8) is 0 Å². The fourth-order valence-corrected chi connectivity index (χ4v) is 3.83. The zero-order chi connectivity index (χ0) is 24.2. The van der Waals surface area contributed by atoms with Crippen LogP contribution in [0.5, 0.6) is 0 Å². The first-order valence-electron chi connectivity index (χ1n) is 11.6. The molecular formula is C26H31N3O5. The van der Waals surface area contributed by atoms with E-state index in [0.29, 0.717) is 19.4 Å². The first kappa shape index (κ1) is 25.0. The molecule has 8 nitrogen and oxygen atoms in total. The summed E-state index contributed by atoms with van der Waals surface area (Å²) in [5, 5.41) is 0. The average molecular weight is 466 g/mol. The number of imide groups is 1. The van der Waals surface area contributed by atoms with Gasteiger partial charge in [-0.1, -0.05) is 55.0 Å². The summed E-state index contributed by atoms with van der Waals surface area (Å²) in [5.41, 5.74) is 6.88. The number of amides is 3. The van der Waals surface area contributed by atoms with Crippen molar-refractivity contribution in [1.29, 1.82) is 0 Å². The van der Waals surface area contributed by atoms with E-state index in [1.165, 1.54) is 11.3 Å². The lowest BCUT2D eigenvalue weighted by Crippen LogP contribution is -2.55. The van der Waals surface area contributed by atoms with E-state index >= 15 is 0 Å². The van der Waals surface area contributed by atoms with E-state index in [9.17, 15) is 14.4 Å². The van der Waals surface area contributed by atoms with Crippen molar-refractivity contribution < 1.29 is 23.9 Å². The number of nitrogens with two attached hydrogens (primary N) is 1. The van der Waals surface area contributed by atoms with Crippen molar-refractivity contribution in [2.75, 3.05) is 6.61 Å². The molecule has 0 bridgehead atoms. The molecule has 0 spiro atoms. The number of ether oxygens (including phenoxy) is 2. The summed E-state index contributed by atoms with van der Waals surface area (Å²) in [6.45, 7) is 0.347. The van der Waals surface area contributed by atoms with Crippen molar-refractivity contribution in [3.8, 4) is 0 Å². The van der Waals surface area contributed by atoms with E-state index in [-0.39, 0.29) is 18.1 Å². The van der Waals surface area contributed by atoms with Crippen LogP contribution in [0.3, 0.4) is 0 Å². The normalized spacial score (nSPS) is 17.9. The van der Waals surface area contributed by atoms with Crippen molar-refractivity contribution in [2.45, 2.75) is 57.1 Å². The Labute approximate surface area is 199 Å². The number of aromatic nitrogens is 1. The highest BCUT2D eigenvalue weighted by Crippen LogP contribution is 2.26. The van der Waals surface area contributed by atoms with Crippen molar-refractivity contribution in [1.82, 2.24) is 9.88 Å². The maximum Gasteiger partial charge on any atom is 0.417 e. The number of rotatable bonds is 6. The molecule has 1 saturated heterocycles. The Morgan fingerprint density at radius 2 is 1.85 bits per heavy atom. The van der Waals surface area contributed by atoms with Crippen molar-refractivity contribution >= 4 is 24.2 Å². The van der Waals surface area contributed by atoms with Crippen LogP contribution >= 0.6 is 0 Å². The number of nitrogens with zero attached hydrogens (tertiary/aromatic N) is 2. The van der Waals surface area contributed by atoms with E-state index in [4.69, 9.17) is 10.5 Å². The summed E-state index contributed by atoms with van der Waals surface area (Å²) < 4.78 is 10.1. The molecule has 0 radical (unpaired) electrons. The smallest absolute Gasteiger partial charge is 0.417 e. The van der Waals surface area contributed by atoms with Crippen LogP contribution in [-0.2, 0) is 20.7 Å². The SMILES string of the molecule is NC(=O)OCCc1ccccc1.O=C1C[C@@H](/C=C/c2cccnc2)N1C(=O)OC1CCCCC1. The highest BCUT2D eigenvalue weighted by Gasteiger charge is 2.41. The monoisotopic (exact) mass is 465 g/mol. The van der Waals surface area contributed by atoms with Crippen LogP contribution in [0.4, 0.5) is 9.59 Å². The van der Waals surface area contributed by atoms with Crippen molar-refractivity contribution in [2.24, 2.45) is 5.73 Å². The lowest BCUT2D eigenvalue weighted by Gasteiger charge is -2.37. The number of hydrogen-bond acceptors (Lipinski definition) is 6. The molecule has 1 aliphatic carbocycles. The maximum absolute atomic E-state index is 12.2. The topological polar surface area (TPSA) is 112 Å². The Kier molecular flexibility index (Phi) is 9.64. The van der Waals surface area contributed by atoms with Gasteiger partial charge in [0.25, 0.3) is 0 Å². The third kappa shape index (κ3) is 8.03. The van der Waals surface area contributed by atoms with Crippen LogP contribution in [0.1, 0.15) is 49.7 Å². The summed E-state index contributed by atoms with van der Waals surface area (Å²) in [6.07, 6.45) is 12.2. The van der Waals surface area contributed by atoms with Gasteiger partial charge in [-0.15, -0.1) is 0 Å². The summed E-state index contributed by atoms with van der Waals surface area (Å²) in [7, 11) is 0. The first-order chi connectivity index (χ1) is 16.5. The van der Waals surface area contributed by atoms with Gasteiger partial charge in [-0.25, -0.2) is 14.5 Å². The third-order valence-electron chi connectivity index (χ3n) is 5.67. The minimum atomic E-state index is -0.717. The molecule has 2 aliphatic rings. The van der Waals surface area contributed by atoms with Gasteiger partial charge >= 0.3 is 12.2 Å². The van der Waals surface area contributed by atoms with Gasteiger partial charge in [0.15, 0.2) is 0 Å². The largest absolute Gasteiger partial charge is 0.449 e. The molecule has 1 atom stereocenters. The zero-order valence-corrected chi connectivity index (χ0v) is 19.2. The molecule has 34 heavy (non-hydrogen) atoms. The van der Waals surface area contributed by atoms with E-state index in [0.717, 1.165) is 36.8 Å². The lowest BCUT2D eigenvalue weighted by atomic mass is 9.98. The molecule has 8 heteroatoms. The highest BCUT2D eigenvalue weighted by molar-refractivity contribution is 5.98. The van der Waals surface area contributed by atoms with Gasteiger partial charge in [-0.3, -0.25) is 9.78 Å². The second-order valence-electron chi connectivity index (χ2n) is 8.23. The fourth-order valence-electron chi connectivity index (χ4n) is 3.83. The molecule has 0 unspecified atom stereocenters. The van der Waals surface area contributed by atoms with Gasteiger partial charge in [-0.05, 0) is 42.9 Å². The highest BCUT2D eigenvalue weighted by atomic mass is 16.6. The second-order valence-corrected chi connectivity index (χ2v) is 8.23. The molecule has 4 rings (SSSR count). The Hall–Kier alpha value is -3.68. The molecule has 1 aliphatic heterocycles. The number of carbonyl (C=O) groups is 3. The molecule has 2 fully saturated rings. The van der Waals surface area contributed by atoms with Gasteiger partial charge < -0.3 is 15.2 Å². The average Bonchev–Trinajstić information content (AvgIpc) is 2.83. The van der Waals surface area contributed by atoms with Gasteiger partial charge in [0.05, 0.1) is 19.1 Å². The van der Waals surface area contributed by atoms with Crippen LogP contribution in [0, 0.1) is 0 Å². The molecule has 1 aromatic carbocycles. The predicted octanol–water partition coefficient (Wildman–Crippen LogP) is 4.49. The number of benzene rings is 1. The standard InChI is InChI=1S/C17H20N2O3.C9H11NO2/c20-16-11-14(9-8-13-5-4-10-18-12-13)19(16)17(21)22-15-6-2-1-3-7-15;10-9(11)12-7-6-8-4-2-1-3-5-8/h4-5,8-10,12,14-15H,1-3,6-7,11H2;1-5H,6-7H2,(H2,10,11)/b9-8+;/t14-;/m1./s1. The second kappa shape index (κ2) is 13.1. The Balaban J connectivity index is 0.000000229. The third-order valence-corrected chi connectivity index (χ3v) is 5.67. The minimum absolute atomic E-state index is 0.0300. The summed E-state index contributed by atoms with van der Waals surface area (Å²) in [6, 6.07) is 13.4. The molecule has 2 N–H and O–H groups in total. The number of carbonyl (C=O) groups excluding carboxylic acids is 3. The summed E-state index contributed by atoms with van der Waals surface area (Å²) in [5.74, 6) is -0.165. The summed E-state index contributed by atoms with van der Waals surface area (Å²) in [4.78, 5) is 39.3. The quantitative estimate of drug-likeness (QED) is 0.629. The molecule has 2 aromatic rings. The number of β-lactam (4-membered cyclic amide) rings is 1. The molecular weight excluding hydrogens is 434 g/mol. The van der Waals surface area contributed by atoms with Gasteiger partial charge in [-0.2, -0.15) is 0 Å². The van der Waals surface area contributed by atoms with Crippen LogP contribution in [0.25, 0.3) is 6.08 Å². The van der Waals surface area contributed by atoms with Crippen LogP contribution in [-0.4, -0.2) is 46.7 Å². The van der Waals surface area contributed by atoms with Crippen LogP contribution in [0.2, 0.25) is 0 Å². The van der Waals surface area contributed by atoms with E-state index in [1.54, 1.807) is 12.4 Å². The predicted molar refractivity (Wildman–Crippen MR) is 128 cm³/mol. The lowest BCUT2D eigenvalue weighted by molar-refractivity contribution is -0.141.